The van der Waals surface area contributed by atoms with Gasteiger partial charge in [0.05, 0.1) is 5.02 Å². The van der Waals surface area contributed by atoms with Crippen LogP contribution in [-0.4, -0.2) is 170 Å². The minimum absolute atomic E-state index is 0.0158. The Morgan fingerprint density at radius 1 is 0.255 bits per heavy atom. The third kappa shape index (κ3) is 24.6. The molecule has 12 fully saturated rings. The van der Waals surface area contributed by atoms with E-state index in [1.54, 1.807) is 12.1 Å². The molecule has 798 valence electrons. The second-order valence-corrected chi connectivity index (χ2v) is 48.1. The number of carbonyl (C=O) groups is 6. The number of nitrogens with zero attached hydrogens (tertiary/aromatic N) is 6. The van der Waals surface area contributed by atoms with Gasteiger partial charge >= 0.3 is 0 Å². The lowest BCUT2D eigenvalue weighted by Gasteiger charge is -2.44. The molecule has 149 heavy (non-hydrogen) atoms. The number of halogens is 3. The van der Waals surface area contributed by atoms with Crippen molar-refractivity contribution in [1.82, 2.24) is 59.3 Å². The first kappa shape index (κ1) is 107. The monoisotopic (exact) mass is 2040 g/mol. The standard InChI is InChI=1S/C23H32N2O.C21H27ClN2O.2C21H27FN2O.2C21H28N2O/c1-16(2)19(20-15-24-21-11-5-4-10-18(20)21)14-23(26)25-13-7-9-17-8-3-6-12-22(17)25;3*1-14(16-13-23-18-9-4-8-17(22)21(16)18)12-20(25)24-11-5-7-15-6-2-3-10-19(15)24;2*1-15(18-14-22-19-10-4-3-9-17(18)19)13-21(24)23-12-6-8-16-7-2-5-11-20(16)23/h4-5,10-11,15-17,19,22,24H,3,6-9,12-14H2,1-2H3;3*4,8-9,13-15,19,23H,2-3,5-7,10-12H2,1H3;2*3-4,9-10,14-16,20,22H,2,5-8,11-13H2,1H3/t;14?,15-,19+;;;;/m.1..../s1. The van der Waals surface area contributed by atoms with Crippen molar-refractivity contribution in [2.75, 3.05) is 39.3 Å². The zero-order chi connectivity index (χ0) is 103. The van der Waals surface area contributed by atoms with Gasteiger partial charge < -0.3 is 59.3 Å². The number of hydrogen-bond acceptors (Lipinski definition) is 6. The van der Waals surface area contributed by atoms with Crippen LogP contribution in [0.1, 0.15) is 387 Å². The van der Waals surface area contributed by atoms with E-state index in [1.165, 1.54) is 256 Å². The van der Waals surface area contributed by atoms with Gasteiger partial charge in [0, 0.05) is 217 Å². The highest BCUT2D eigenvalue weighted by atomic mass is 35.5. The number of nitrogens with one attached hydrogen (secondary N) is 6. The van der Waals surface area contributed by atoms with Crippen LogP contribution in [0.25, 0.3) is 65.4 Å². The van der Waals surface area contributed by atoms with Gasteiger partial charge in [-0.2, -0.15) is 0 Å². The number of benzene rings is 6. The molecule has 12 aromatic rings. The van der Waals surface area contributed by atoms with Crippen molar-refractivity contribution in [3.63, 3.8) is 0 Å². The van der Waals surface area contributed by atoms with Crippen LogP contribution in [0, 0.1) is 53.1 Å². The van der Waals surface area contributed by atoms with E-state index in [1.807, 2.05) is 62.8 Å². The fraction of sp³-hybridized carbons (Fsp3) is 0.578. The molecule has 6 N–H and O–H groups in total. The zero-order valence-electron chi connectivity index (χ0n) is 90.3. The van der Waals surface area contributed by atoms with E-state index < -0.39 is 0 Å². The van der Waals surface area contributed by atoms with E-state index in [-0.39, 0.29) is 59.0 Å². The molecule has 6 aliphatic carbocycles. The molecular weight excluding hydrogens is 1870 g/mol. The largest absolute Gasteiger partial charge is 0.361 e. The van der Waals surface area contributed by atoms with E-state index in [0.717, 1.165) is 143 Å². The molecular formula is C128H169ClF2N12O6. The van der Waals surface area contributed by atoms with Gasteiger partial charge in [-0.15, -0.1) is 0 Å². The summed E-state index contributed by atoms with van der Waals surface area (Å²) < 4.78 is 28.5. The number of hydrogen-bond donors (Lipinski definition) is 6. The van der Waals surface area contributed by atoms with E-state index in [9.17, 15) is 37.5 Å². The highest BCUT2D eigenvalue weighted by molar-refractivity contribution is 6.35. The number of carbonyl (C=O) groups excluding carboxylic acids is 6. The van der Waals surface area contributed by atoms with Gasteiger partial charge in [-0.25, -0.2) is 8.78 Å². The average molecular weight is 2050 g/mol. The van der Waals surface area contributed by atoms with E-state index in [4.69, 9.17) is 11.6 Å². The van der Waals surface area contributed by atoms with Gasteiger partial charge in [0.25, 0.3) is 0 Å². The predicted molar refractivity (Wildman–Crippen MR) is 602 cm³/mol. The lowest BCUT2D eigenvalue weighted by atomic mass is 9.77. The fourth-order valence-corrected chi connectivity index (χ4v) is 30.4. The summed E-state index contributed by atoms with van der Waals surface area (Å²) in [5.41, 5.74) is 13.0. The van der Waals surface area contributed by atoms with Crippen LogP contribution in [0.4, 0.5) is 8.78 Å². The molecule has 6 amide bonds. The summed E-state index contributed by atoms with van der Waals surface area (Å²) in [6.07, 6.45) is 61.0. The van der Waals surface area contributed by atoms with Gasteiger partial charge in [0.2, 0.25) is 35.4 Å². The second kappa shape index (κ2) is 50.0. The van der Waals surface area contributed by atoms with Crippen LogP contribution >= 0.6 is 11.6 Å². The van der Waals surface area contributed by atoms with E-state index in [0.29, 0.717) is 127 Å². The Morgan fingerprint density at radius 3 is 0.765 bits per heavy atom. The topological polar surface area (TPSA) is 217 Å². The van der Waals surface area contributed by atoms with Crippen molar-refractivity contribution in [3.8, 4) is 0 Å². The summed E-state index contributed by atoms with van der Waals surface area (Å²) >= 11 is 6.41. The number of para-hydroxylation sites is 3. The zero-order valence-corrected chi connectivity index (χ0v) is 91.0. The minimum Gasteiger partial charge on any atom is -0.361 e. The van der Waals surface area contributed by atoms with Crippen molar-refractivity contribution in [2.45, 2.75) is 390 Å². The quantitative estimate of drug-likeness (QED) is 0.0463. The van der Waals surface area contributed by atoms with Crippen LogP contribution in [0.15, 0.2) is 165 Å². The number of piperidine rings is 6. The molecule has 24 rings (SSSR count). The minimum atomic E-state index is -0.210. The normalized spacial score (nSPS) is 25.1. The predicted octanol–water partition coefficient (Wildman–Crippen LogP) is 30.6. The third-order valence-electron chi connectivity index (χ3n) is 38.0. The first-order chi connectivity index (χ1) is 72.6. The molecule has 21 heteroatoms. The molecule has 6 aromatic heterocycles. The number of rotatable bonds is 19. The van der Waals surface area contributed by atoms with Crippen LogP contribution < -0.4 is 0 Å². The summed E-state index contributed by atoms with van der Waals surface area (Å²) in [6, 6.07) is 44.3. The molecule has 18 nitrogen and oxygen atoms in total. The lowest BCUT2D eigenvalue weighted by Crippen LogP contribution is -2.50. The number of fused-ring (bicyclic) bond motifs is 12. The van der Waals surface area contributed by atoms with Crippen molar-refractivity contribution in [3.05, 3.63) is 215 Å². The Labute approximate surface area is 888 Å². The molecule has 12 aliphatic rings. The van der Waals surface area contributed by atoms with Gasteiger partial charge in [-0.1, -0.05) is 210 Å². The lowest BCUT2D eigenvalue weighted by molar-refractivity contribution is -0.139. The molecule has 6 aliphatic heterocycles. The van der Waals surface area contributed by atoms with E-state index >= 15 is 0 Å². The first-order valence-corrected chi connectivity index (χ1v) is 59.2. The first-order valence-electron chi connectivity index (χ1n) is 58.8. The van der Waals surface area contributed by atoms with Gasteiger partial charge in [0.1, 0.15) is 11.6 Å². The molecule has 0 bridgehead atoms. The maximum Gasteiger partial charge on any atom is 0.223 e. The number of aromatic nitrogens is 6. The number of aromatic amines is 6. The third-order valence-corrected chi connectivity index (χ3v) is 38.3. The Balaban J connectivity index is 0.000000112. The SMILES string of the molecule is CC(C)C(CC(=O)N1CCCC2CCCCC21)c1c[nH]c2ccccc12.CC(CC(=O)N1CCCC2CCCCC21)c1c[nH]c2cccc(F)c12.CC(CC(=O)N1CCCC2CCCCC21)c1c[nH]c2cccc(F)c12.CC(CC(=O)N1CCCC2CCCCC21)c1c[nH]c2ccccc12.CC(CC(=O)N1CCCC2CCCCC21)c1c[nH]c2ccccc12.CC(CC(=O)N1CCC[C@H]2CCCC[C@@H]21)c1c[nH]c2cccc(Cl)c12. The average Bonchev–Trinajstić information content (AvgIpc) is 1.64. The summed E-state index contributed by atoms with van der Waals surface area (Å²) in [5, 5.41) is 6.89. The molecule has 6 saturated heterocycles. The Kier molecular flexibility index (Phi) is 35.9. The summed E-state index contributed by atoms with van der Waals surface area (Å²) in [7, 11) is 0. The van der Waals surface area contributed by atoms with Gasteiger partial charge in [-0.3, -0.25) is 28.8 Å². The summed E-state index contributed by atoms with van der Waals surface area (Å²) in [6.45, 7) is 20.8. The molecule has 0 radical (unpaired) electrons. The van der Waals surface area contributed by atoms with Crippen molar-refractivity contribution >= 4 is 112 Å². The molecule has 16 unspecified atom stereocenters. The molecule has 18 atom stereocenters. The van der Waals surface area contributed by atoms with Gasteiger partial charge in [-0.05, 0) is 319 Å². The highest BCUT2D eigenvalue weighted by Gasteiger charge is 2.44. The van der Waals surface area contributed by atoms with Crippen molar-refractivity contribution in [2.24, 2.45) is 41.4 Å². The maximum absolute atomic E-state index is 14.2. The fourth-order valence-electron chi connectivity index (χ4n) is 30.1. The Morgan fingerprint density at radius 2 is 0.470 bits per heavy atom. The summed E-state index contributed by atoms with van der Waals surface area (Å²) in [5.74, 6) is 7.39. The van der Waals surface area contributed by atoms with Crippen LogP contribution in [0.2, 0.25) is 5.02 Å². The molecule has 6 saturated carbocycles. The van der Waals surface area contributed by atoms with E-state index in [2.05, 4.69) is 185 Å². The molecule has 0 spiro atoms. The van der Waals surface area contributed by atoms with Crippen LogP contribution in [0.5, 0.6) is 0 Å². The smallest absolute Gasteiger partial charge is 0.223 e. The van der Waals surface area contributed by atoms with Gasteiger partial charge in [0.15, 0.2) is 0 Å². The second-order valence-electron chi connectivity index (χ2n) is 47.7. The highest BCUT2D eigenvalue weighted by Crippen LogP contribution is 2.47. The Hall–Kier alpha value is -10.5. The van der Waals surface area contributed by atoms with Crippen molar-refractivity contribution in [1.29, 1.82) is 0 Å². The number of amides is 6. The summed E-state index contributed by atoms with van der Waals surface area (Å²) in [4.78, 5) is 111. The Bertz CT molecular complexity index is 6050. The number of H-pyrrole nitrogens is 6. The van der Waals surface area contributed by atoms with Crippen LogP contribution in [0.3, 0.4) is 0 Å². The molecule has 6 aromatic carbocycles. The van der Waals surface area contributed by atoms with Crippen LogP contribution in [-0.2, 0) is 28.8 Å². The number of likely N-dealkylation sites (tertiary alicyclic amines) is 6. The molecule has 12 heterocycles. The maximum atomic E-state index is 14.2. The van der Waals surface area contributed by atoms with Crippen molar-refractivity contribution < 1.29 is 37.5 Å².